The van der Waals surface area contributed by atoms with E-state index >= 15 is 0 Å². The summed E-state index contributed by atoms with van der Waals surface area (Å²) < 4.78 is 21.9. The molecule has 0 saturated carbocycles. The van der Waals surface area contributed by atoms with Crippen LogP contribution in [0, 0.1) is 0 Å². The minimum Gasteiger partial charge on any atom is -1.00 e. The van der Waals surface area contributed by atoms with E-state index in [2.05, 4.69) is 10.6 Å². The van der Waals surface area contributed by atoms with Crippen molar-refractivity contribution in [1.29, 1.82) is 0 Å². The summed E-state index contributed by atoms with van der Waals surface area (Å²) in [5, 5.41) is 2.62. The molecule has 94 valence electrons. The van der Waals surface area contributed by atoms with Gasteiger partial charge in [0.2, 0.25) is 0 Å². The van der Waals surface area contributed by atoms with Gasteiger partial charge in [0.05, 0.1) is 6.61 Å². The molecule has 0 aliphatic heterocycles. The predicted molar refractivity (Wildman–Crippen MR) is 60.2 cm³/mol. The monoisotopic (exact) mass is 264 g/mol. The van der Waals surface area contributed by atoms with Gasteiger partial charge in [-0.3, -0.25) is 4.52 Å². The van der Waals surface area contributed by atoms with E-state index in [1.54, 1.807) is 0 Å². The largest absolute Gasteiger partial charge is 1.00 e. The van der Waals surface area contributed by atoms with E-state index in [0.717, 1.165) is 6.42 Å². The molecule has 0 bridgehead atoms. The van der Waals surface area contributed by atoms with Crippen LogP contribution in [0.1, 0.15) is 14.8 Å². The molecule has 0 aliphatic rings. The summed E-state index contributed by atoms with van der Waals surface area (Å²) in [6, 6.07) is 0. The Morgan fingerprint density at radius 3 is 2.44 bits per heavy atom. The molecular formula is C7H22N4NaO3P. The Morgan fingerprint density at radius 1 is 1.31 bits per heavy atom. The normalized spacial score (nSPS) is 14.2. The number of rotatable bonds is 10. The minimum atomic E-state index is -3.28. The van der Waals surface area contributed by atoms with Crippen molar-refractivity contribution in [3.8, 4) is 0 Å². The second-order valence-electron chi connectivity index (χ2n) is 2.80. The standard InChI is InChI=1S/C7H21N4O3P.Na.H/c1-2-7-13-15(12,11-6-4-9)14-10-5-3-8;;/h10H,2-9H2,1H3,(H,11,12);;/q;+1;-1. The van der Waals surface area contributed by atoms with Gasteiger partial charge in [-0.05, 0) is 6.42 Å². The first-order chi connectivity index (χ1) is 7.18. The average Bonchev–Trinajstić information content (AvgIpc) is 2.24. The second kappa shape index (κ2) is 12.4. The maximum Gasteiger partial charge on any atom is 1.00 e. The van der Waals surface area contributed by atoms with Crippen molar-refractivity contribution in [1.82, 2.24) is 10.6 Å². The quantitative estimate of drug-likeness (QED) is 0.141. The second-order valence-corrected chi connectivity index (χ2v) is 4.55. The molecule has 1 atom stereocenters. The summed E-state index contributed by atoms with van der Waals surface area (Å²) >= 11 is 0. The first-order valence-corrected chi connectivity index (χ1v) is 6.54. The van der Waals surface area contributed by atoms with Crippen LogP contribution in [0.2, 0.25) is 0 Å². The van der Waals surface area contributed by atoms with Gasteiger partial charge in [-0.25, -0.2) is 14.3 Å². The molecule has 0 aromatic heterocycles. The van der Waals surface area contributed by atoms with Crippen LogP contribution in [0.3, 0.4) is 0 Å². The summed E-state index contributed by atoms with van der Waals surface area (Å²) in [5.41, 5.74) is 13.0. The molecule has 0 saturated heterocycles. The van der Waals surface area contributed by atoms with E-state index in [0.29, 0.717) is 32.8 Å². The van der Waals surface area contributed by atoms with Crippen molar-refractivity contribution in [2.24, 2.45) is 11.5 Å². The summed E-state index contributed by atoms with van der Waals surface area (Å²) in [7, 11) is -3.28. The van der Waals surface area contributed by atoms with Crippen molar-refractivity contribution in [3.05, 3.63) is 0 Å². The van der Waals surface area contributed by atoms with Crippen LogP contribution in [0.25, 0.3) is 0 Å². The molecule has 0 aromatic rings. The Bertz CT molecular complexity index is 192. The Labute approximate surface area is 120 Å². The van der Waals surface area contributed by atoms with Gasteiger partial charge in [0, 0.05) is 26.2 Å². The fourth-order valence-electron chi connectivity index (χ4n) is 0.707. The van der Waals surface area contributed by atoms with Crippen LogP contribution in [-0.2, 0) is 13.7 Å². The third kappa shape index (κ3) is 10.2. The van der Waals surface area contributed by atoms with E-state index in [4.69, 9.17) is 20.6 Å². The van der Waals surface area contributed by atoms with Gasteiger partial charge >= 0.3 is 37.3 Å². The molecule has 7 nitrogen and oxygen atoms in total. The van der Waals surface area contributed by atoms with Crippen LogP contribution in [0.4, 0.5) is 0 Å². The number of nitrogens with two attached hydrogens (primary N) is 2. The molecule has 0 aromatic carbocycles. The molecular weight excluding hydrogens is 242 g/mol. The van der Waals surface area contributed by atoms with Crippen molar-refractivity contribution in [2.75, 3.05) is 32.8 Å². The summed E-state index contributed by atoms with van der Waals surface area (Å²) in [5.74, 6) is 0. The third-order valence-electron chi connectivity index (χ3n) is 1.35. The summed E-state index contributed by atoms with van der Waals surface area (Å²) in [6.07, 6.45) is 0.758. The maximum atomic E-state index is 11.9. The Hall–Kier alpha value is 0.990. The molecule has 0 spiro atoms. The zero-order valence-corrected chi connectivity index (χ0v) is 13.0. The van der Waals surface area contributed by atoms with Gasteiger partial charge in [-0.2, -0.15) is 5.48 Å². The predicted octanol–water partition coefficient (Wildman–Crippen LogP) is -3.33. The molecule has 16 heavy (non-hydrogen) atoms. The van der Waals surface area contributed by atoms with Crippen molar-refractivity contribution in [3.63, 3.8) is 0 Å². The topological polar surface area (TPSA) is 112 Å². The number of hydrogen-bond donors (Lipinski definition) is 4. The first kappa shape index (κ1) is 19.3. The first-order valence-electron chi connectivity index (χ1n) is 4.99. The maximum absolute atomic E-state index is 11.9. The molecule has 0 aliphatic carbocycles. The van der Waals surface area contributed by atoms with E-state index < -0.39 is 7.75 Å². The van der Waals surface area contributed by atoms with Gasteiger partial charge in [-0.1, -0.05) is 6.92 Å². The molecule has 0 rings (SSSR count). The van der Waals surface area contributed by atoms with E-state index in [9.17, 15) is 4.57 Å². The smallest absolute Gasteiger partial charge is 1.00 e. The fourth-order valence-corrected chi connectivity index (χ4v) is 2.00. The molecule has 0 fully saturated rings. The minimum absolute atomic E-state index is 0. The van der Waals surface area contributed by atoms with Gasteiger partial charge in [0.1, 0.15) is 0 Å². The Morgan fingerprint density at radius 2 is 1.94 bits per heavy atom. The van der Waals surface area contributed by atoms with Crippen LogP contribution in [-0.4, -0.2) is 32.8 Å². The van der Waals surface area contributed by atoms with Crippen LogP contribution >= 0.6 is 7.75 Å². The van der Waals surface area contributed by atoms with E-state index in [1.807, 2.05) is 6.92 Å². The Balaban J connectivity index is -0.000000980. The van der Waals surface area contributed by atoms with Crippen molar-refractivity contribution in [2.45, 2.75) is 13.3 Å². The third-order valence-corrected chi connectivity index (χ3v) is 2.85. The fraction of sp³-hybridized carbons (Fsp3) is 1.00. The molecule has 9 heteroatoms. The van der Waals surface area contributed by atoms with Gasteiger partial charge in [0.25, 0.3) is 0 Å². The van der Waals surface area contributed by atoms with Crippen molar-refractivity contribution < 1.29 is 44.7 Å². The number of hydroxylamine groups is 1. The molecule has 0 radical (unpaired) electrons. The molecule has 0 amide bonds. The van der Waals surface area contributed by atoms with Crippen molar-refractivity contribution >= 4 is 7.75 Å². The summed E-state index contributed by atoms with van der Waals surface area (Å²) in [4.78, 5) is 0. The zero-order valence-electron chi connectivity index (χ0n) is 11.1. The SMILES string of the molecule is CCCOP(=O)(NCCN)ONCCN.[H-].[Na+]. The molecule has 6 N–H and O–H groups in total. The van der Waals surface area contributed by atoms with Crippen LogP contribution < -0.4 is 51.6 Å². The van der Waals surface area contributed by atoms with E-state index in [-0.39, 0.29) is 31.0 Å². The van der Waals surface area contributed by atoms with Gasteiger partial charge in [0.15, 0.2) is 0 Å². The molecule has 0 heterocycles. The summed E-state index contributed by atoms with van der Waals surface area (Å²) in [6.45, 7) is 3.80. The number of hydrogen-bond acceptors (Lipinski definition) is 6. The zero-order chi connectivity index (χ0) is 11.6. The Kier molecular flexibility index (Phi) is 15.0. The average molecular weight is 264 g/mol. The van der Waals surface area contributed by atoms with Crippen LogP contribution in [0.15, 0.2) is 0 Å². The molecule has 1 unspecified atom stereocenters. The van der Waals surface area contributed by atoms with Crippen LogP contribution in [0.5, 0.6) is 0 Å². The number of nitrogens with one attached hydrogen (secondary N) is 2. The van der Waals surface area contributed by atoms with E-state index in [1.165, 1.54) is 0 Å². The van der Waals surface area contributed by atoms with Gasteiger partial charge in [-0.15, -0.1) is 0 Å². The van der Waals surface area contributed by atoms with Gasteiger partial charge < -0.3 is 12.9 Å².